The topological polar surface area (TPSA) is 40.5 Å². The van der Waals surface area contributed by atoms with Crippen LogP contribution in [0, 0.1) is 11.8 Å². The minimum Gasteiger partial charge on any atom is -0.481 e. The highest BCUT2D eigenvalue weighted by Gasteiger charge is 2.21. The van der Waals surface area contributed by atoms with E-state index in [4.69, 9.17) is 5.11 Å². The van der Waals surface area contributed by atoms with Gasteiger partial charge in [-0.25, -0.2) is 0 Å². The SMILES string of the molecule is CC(C)C1CCN(Cc2ccc(CC(=O)O)cc2)CC1. The van der Waals surface area contributed by atoms with Crippen molar-refractivity contribution >= 4 is 5.97 Å². The summed E-state index contributed by atoms with van der Waals surface area (Å²) < 4.78 is 0. The first-order valence-electron chi connectivity index (χ1n) is 7.56. The quantitative estimate of drug-likeness (QED) is 0.897. The summed E-state index contributed by atoms with van der Waals surface area (Å²) >= 11 is 0. The summed E-state index contributed by atoms with van der Waals surface area (Å²) in [6, 6.07) is 7.99. The summed E-state index contributed by atoms with van der Waals surface area (Å²) in [5, 5.41) is 8.76. The third-order valence-corrected chi connectivity index (χ3v) is 4.36. The van der Waals surface area contributed by atoms with Gasteiger partial charge in [-0.05, 0) is 48.9 Å². The average molecular weight is 275 g/mol. The van der Waals surface area contributed by atoms with E-state index in [-0.39, 0.29) is 6.42 Å². The van der Waals surface area contributed by atoms with E-state index in [0.717, 1.165) is 23.9 Å². The number of carboxylic acid groups (broad SMARTS) is 1. The standard InChI is InChI=1S/C17H25NO2/c1-13(2)16-7-9-18(10-8-16)12-15-5-3-14(4-6-15)11-17(19)20/h3-6,13,16H,7-12H2,1-2H3,(H,19,20). The predicted molar refractivity (Wildman–Crippen MR) is 80.6 cm³/mol. The van der Waals surface area contributed by atoms with Crippen LogP contribution in [0.5, 0.6) is 0 Å². The van der Waals surface area contributed by atoms with Crippen LogP contribution in [-0.4, -0.2) is 29.1 Å². The lowest BCUT2D eigenvalue weighted by atomic mass is 9.86. The molecule has 1 aliphatic heterocycles. The van der Waals surface area contributed by atoms with Crippen molar-refractivity contribution in [1.29, 1.82) is 0 Å². The lowest BCUT2D eigenvalue weighted by Gasteiger charge is -2.33. The Kier molecular flexibility index (Phi) is 5.18. The Morgan fingerprint density at radius 2 is 1.75 bits per heavy atom. The molecule has 1 saturated heterocycles. The summed E-state index contributed by atoms with van der Waals surface area (Å²) in [6.07, 6.45) is 2.71. The monoisotopic (exact) mass is 275 g/mol. The second kappa shape index (κ2) is 6.89. The van der Waals surface area contributed by atoms with Crippen LogP contribution in [0.4, 0.5) is 0 Å². The van der Waals surface area contributed by atoms with E-state index in [1.165, 1.54) is 31.5 Å². The molecule has 1 aliphatic rings. The van der Waals surface area contributed by atoms with Crippen molar-refractivity contribution in [3.05, 3.63) is 35.4 Å². The molecule has 1 heterocycles. The van der Waals surface area contributed by atoms with E-state index in [9.17, 15) is 4.79 Å². The molecule has 1 aromatic carbocycles. The highest BCUT2D eigenvalue weighted by Crippen LogP contribution is 2.25. The molecule has 0 amide bonds. The van der Waals surface area contributed by atoms with Crippen LogP contribution in [0.25, 0.3) is 0 Å². The molecular weight excluding hydrogens is 250 g/mol. The van der Waals surface area contributed by atoms with Gasteiger partial charge in [-0.3, -0.25) is 9.69 Å². The zero-order valence-electron chi connectivity index (χ0n) is 12.5. The molecule has 0 aromatic heterocycles. The summed E-state index contributed by atoms with van der Waals surface area (Å²) in [6.45, 7) is 7.99. The average Bonchev–Trinajstić information content (AvgIpc) is 2.41. The molecule has 1 fully saturated rings. The molecular formula is C17H25NO2. The first-order valence-corrected chi connectivity index (χ1v) is 7.56. The van der Waals surface area contributed by atoms with Crippen LogP contribution in [0.3, 0.4) is 0 Å². The number of aliphatic carboxylic acids is 1. The van der Waals surface area contributed by atoms with Crippen molar-refractivity contribution < 1.29 is 9.90 Å². The molecule has 0 aliphatic carbocycles. The molecule has 2 rings (SSSR count). The normalized spacial score (nSPS) is 17.6. The first-order chi connectivity index (χ1) is 9.54. The van der Waals surface area contributed by atoms with Gasteiger partial charge in [-0.2, -0.15) is 0 Å². The van der Waals surface area contributed by atoms with Crippen LogP contribution in [0.15, 0.2) is 24.3 Å². The van der Waals surface area contributed by atoms with E-state index in [2.05, 4.69) is 30.9 Å². The third-order valence-electron chi connectivity index (χ3n) is 4.36. The van der Waals surface area contributed by atoms with Gasteiger partial charge in [-0.15, -0.1) is 0 Å². The molecule has 0 spiro atoms. The minimum atomic E-state index is -0.770. The highest BCUT2D eigenvalue weighted by atomic mass is 16.4. The number of carbonyl (C=O) groups is 1. The van der Waals surface area contributed by atoms with Crippen LogP contribution in [-0.2, 0) is 17.8 Å². The molecule has 0 bridgehead atoms. The zero-order chi connectivity index (χ0) is 14.5. The molecule has 3 heteroatoms. The van der Waals surface area contributed by atoms with Crippen molar-refractivity contribution in [3.63, 3.8) is 0 Å². The summed E-state index contributed by atoms with van der Waals surface area (Å²) in [4.78, 5) is 13.2. The van der Waals surface area contributed by atoms with E-state index in [1.54, 1.807) is 0 Å². The second-order valence-corrected chi connectivity index (χ2v) is 6.24. The van der Waals surface area contributed by atoms with Crippen molar-refractivity contribution in [3.8, 4) is 0 Å². The lowest BCUT2D eigenvalue weighted by molar-refractivity contribution is -0.136. The fraction of sp³-hybridized carbons (Fsp3) is 0.588. The molecule has 0 radical (unpaired) electrons. The fourth-order valence-electron chi connectivity index (χ4n) is 2.97. The minimum absolute atomic E-state index is 0.111. The molecule has 110 valence electrons. The number of hydrogen-bond acceptors (Lipinski definition) is 2. The molecule has 1 N–H and O–H groups in total. The van der Waals surface area contributed by atoms with Gasteiger partial charge in [-0.1, -0.05) is 38.1 Å². The van der Waals surface area contributed by atoms with Crippen molar-refractivity contribution in [2.24, 2.45) is 11.8 Å². The first kappa shape index (κ1) is 15.0. The van der Waals surface area contributed by atoms with Crippen molar-refractivity contribution in [2.75, 3.05) is 13.1 Å². The van der Waals surface area contributed by atoms with Gasteiger partial charge in [0, 0.05) is 6.54 Å². The Morgan fingerprint density at radius 3 is 2.25 bits per heavy atom. The van der Waals surface area contributed by atoms with Crippen LogP contribution in [0.1, 0.15) is 37.8 Å². The molecule has 0 saturated carbocycles. The van der Waals surface area contributed by atoms with Gasteiger partial charge in [0.2, 0.25) is 0 Å². The third kappa shape index (κ3) is 4.34. The Hall–Kier alpha value is -1.35. The van der Waals surface area contributed by atoms with Gasteiger partial charge < -0.3 is 5.11 Å². The molecule has 1 aromatic rings. The van der Waals surface area contributed by atoms with Gasteiger partial charge in [0.1, 0.15) is 0 Å². The van der Waals surface area contributed by atoms with E-state index in [1.807, 2.05) is 12.1 Å². The number of benzene rings is 1. The van der Waals surface area contributed by atoms with Gasteiger partial charge in [0.05, 0.1) is 6.42 Å². The molecule has 20 heavy (non-hydrogen) atoms. The Balaban J connectivity index is 1.83. The Labute approximate surface area is 121 Å². The predicted octanol–water partition coefficient (Wildman–Crippen LogP) is 3.18. The number of rotatable bonds is 5. The van der Waals surface area contributed by atoms with E-state index >= 15 is 0 Å². The van der Waals surface area contributed by atoms with Crippen LogP contribution < -0.4 is 0 Å². The summed E-state index contributed by atoms with van der Waals surface area (Å²) in [5.74, 6) is 0.908. The van der Waals surface area contributed by atoms with Gasteiger partial charge >= 0.3 is 5.97 Å². The van der Waals surface area contributed by atoms with Crippen molar-refractivity contribution in [2.45, 2.75) is 39.7 Å². The lowest BCUT2D eigenvalue weighted by Crippen LogP contribution is -2.34. The summed E-state index contributed by atoms with van der Waals surface area (Å²) in [7, 11) is 0. The second-order valence-electron chi connectivity index (χ2n) is 6.24. The maximum absolute atomic E-state index is 10.6. The Bertz CT molecular complexity index is 431. The van der Waals surface area contributed by atoms with Crippen molar-refractivity contribution in [1.82, 2.24) is 4.90 Å². The van der Waals surface area contributed by atoms with E-state index < -0.39 is 5.97 Å². The number of likely N-dealkylation sites (tertiary alicyclic amines) is 1. The maximum atomic E-state index is 10.6. The molecule has 3 nitrogen and oxygen atoms in total. The highest BCUT2D eigenvalue weighted by molar-refractivity contribution is 5.70. The number of piperidine rings is 1. The number of carboxylic acids is 1. The smallest absolute Gasteiger partial charge is 0.307 e. The van der Waals surface area contributed by atoms with Gasteiger partial charge in [0.25, 0.3) is 0 Å². The molecule has 0 atom stereocenters. The van der Waals surface area contributed by atoms with Crippen LogP contribution >= 0.6 is 0 Å². The Morgan fingerprint density at radius 1 is 1.20 bits per heavy atom. The fourth-order valence-corrected chi connectivity index (χ4v) is 2.97. The van der Waals surface area contributed by atoms with E-state index in [0.29, 0.717) is 0 Å². The summed E-state index contributed by atoms with van der Waals surface area (Å²) in [5.41, 5.74) is 2.15. The largest absolute Gasteiger partial charge is 0.481 e. The molecule has 0 unspecified atom stereocenters. The number of nitrogens with zero attached hydrogens (tertiary/aromatic N) is 1. The van der Waals surface area contributed by atoms with Crippen LogP contribution in [0.2, 0.25) is 0 Å². The number of hydrogen-bond donors (Lipinski definition) is 1. The zero-order valence-corrected chi connectivity index (χ0v) is 12.5. The van der Waals surface area contributed by atoms with Gasteiger partial charge in [0.15, 0.2) is 0 Å². The maximum Gasteiger partial charge on any atom is 0.307 e.